The molecule has 0 aliphatic heterocycles. The van der Waals surface area contributed by atoms with E-state index in [0.29, 0.717) is 38.6 Å². The van der Waals surface area contributed by atoms with Crippen LogP contribution in [0.2, 0.25) is 0 Å². The van der Waals surface area contributed by atoms with Gasteiger partial charge in [-0.2, -0.15) is 0 Å². The van der Waals surface area contributed by atoms with Gasteiger partial charge < -0.3 is 36.4 Å². The zero-order chi connectivity index (χ0) is 22.9. The van der Waals surface area contributed by atoms with Crippen LogP contribution >= 0.6 is 0 Å². The standard InChI is InChI=1S/C18H31N3O9/c22-11-5-1-2-7-14(23)19-10-4-3-6-12(16(26)27)20-18(30)21-13(17(28)29)8-9-15(24)25/h12-13,22H,1-11H2,(H,19,23)(H,24,25)(H,26,27)(H,28,29)(H2,20,21,30). The molecule has 0 fully saturated rings. The number of hydrogen-bond donors (Lipinski definition) is 7. The van der Waals surface area contributed by atoms with Crippen LogP contribution in [-0.4, -0.2) is 75.5 Å². The Hall–Kier alpha value is -2.89. The van der Waals surface area contributed by atoms with Crippen molar-refractivity contribution in [2.75, 3.05) is 13.2 Å². The van der Waals surface area contributed by atoms with Crippen molar-refractivity contribution in [2.45, 2.75) is 69.9 Å². The molecule has 0 rings (SSSR count). The summed E-state index contributed by atoms with van der Waals surface area (Å²) in [7, 11) is 0. The van der Waals surface area contributed by atoms with E-state index in [-0.39, 0.29) is 25.4 Å². The van der Waals surface area contributed by atoms with Gasteiger partial charge in [-0.1, -0.05) is 6.42 Å². The molecule has 12 nitrogen and oxygen atoms in total. The van der Waals surface area contributed by atoms with Gasteiger partial charge in [-0.05, 0) is 38.5 Å². The molecule has 0 aliphatic carbocycles. The zero-order valence-electron chi connectivity index (χ0n) is 16.8. The summed E-state index contributed by atoms with van der Waals surface area (Å²) >= 11 is 0. The Morgan fingerprint density at radius 3 is 1.83 bits per heavy atom. The summed E-state index contributed by atoms with van der Waals surface area (Å²) in [6.45, 7) is 0.450. The van der Waals surface area contributed by atoms with E-state index in [1.54, 1.807) is 0 Å². The molecule has 0 aromatic heterocycles. The summed E-state index contributed by atoms with van der Waals surface area (Å²) in [6, 6.07) is -3.73. The molecule has 30 heavy (non-hydrogen) atoms. The van der Waals surface area contributed by atoms with E-state index in [4.69, 9.17) is 15.3 Å². The third kappa shape index (κ3) is 14.2. The molecule has 0 aliphatic rings. The van der Waals surface area contributed by atoms with Crippen molar-refractivity contribution in [3.05, 3.63) is 0 Å². The van der Waals surface area contributed by atoms with Crippen LogP contribution in [0.3, 0.4) is 0 Å². The van der Waals surface area contributed by atoms with Crippen LogP contribution in [0, 0.1) is 0 Å². The molecular formula is C18H31N3O9. The van der Waals surface area contributed by atoms with E-state index in [1.165, 1.54) is 0 Å². The van der Waals surface area contributed by atoms with Gasteiger partial charge in [-0.3, -0.25) is 9.59 Å². The van der Waals surface area contributed by atoms with Gasteiger partial charge in [0.15, 0.2) is 0 Å². The number of aliphatic hydroxyl groups excluding tert-OH is 1. The second-order valence-electron chi connectivity index (χ2n) is 6.71. The summed E-state index contributed by atoms with van der Waals surface area (Å²) < 4.78 is 0. The number of carbonyl (C=O) groups excluding carboxylic acids is 2. The maximum Gasteiger partial charge on any atom is 0.326 e. The first-order chi connectivity index (χ1) is 14.2. The van der Waals surface area contributed by atoms with E-state index in [1.807, 2.05) is 0 Å². The fourth-order valence-electron chi connectivity index (χ4n) is 2.50. The van der Waals surface area contributed by atoms with E-state index in [2.05, 4.69) is 16.0 Å². The number of unbranched alkanes of at least 4 members (excludes halogenated alkanes) is 3. The molecule has 0 saturated carbocycles. The normalized spacial score (nSPS) is 12.4. The topological polar surface area (TPSA) is 202 Å². The maximum atomic E-state index is 11.9. The van der Waals surface area contributed by atoms with Crippen LogP contribution in [0.1, 0.15) is 57.8 Å². The Labute approximate surface area is 174 Å². The van der Waals surface area contributed by atoms with Crippen molar-refractivity contribution in [1.82, 2.24) is 16.0 Å². The van der Waals surface area contributed by atoms with Gasteiger partial charge >= 0.3 is 23.9 Å². The van der Waals surface area contributed by atoms with Crippen LogP contribution in [-0.2, 0) is 19.2 Å². The van der Waals surface area contributed by atoms with Crippen molar-refractivity contribution < 1.29 is 44.4 Å². The number of carboxylic acid groups (broad SMARTS) is 3. The number of carboxylic acids is 3. The van der Waals surface area contributed by atoms with Gasteiger partial charge in [-0.25, -0.2) is 14.4 Å². The Balaban J connectivity index is 4.23. The Kier molecular flexibility index (Phi) is 14.4. The molecule has 2 atom stereocenters. The first-order valence-corrected chi connectivity index (χ1v) is 9.79. The van der Waals surface area contributed by atoms with Gasteiger partial charge in [0.25, 0.3) is 0 Å². The van der Waals surface area contributed by atoms with Gasteiger partial charge in [-0.15, -0.1) is 0 Å². The molecule has 0 aromatic carbocycles. The van der Waals surface area contributed by atoms with Crippen LogP contribution < -0.4 is 16.0 Å². The predicted octanol–water partition coefficient (Wildman–Crippen LogP) is -0.104. The highest BCUT2D eigenvalue weighted by molar-refractivity contribution is 5.86. The maximum absolute atomic E-state index is 11.9. The molecule has 2 unspecified atom stereocenters. The van der Waals surface area contributed by atoms with Crippen molar-refractivity contribution >= 4 is 29.8 Å². The van der Waals surface area contributed by atoms with Crippen molar-refractivity contribution in [3.8, 4) is 0 Å². The molecule has 3 amide bonds. The third-order valence-electron chi connectivity index (χ3n) is 4.16. The number of aliphatic hydroxyl groups is 1. The fourth-order valence-corrected chi connectivity index (χ4v) is 2.50. The minimum atomic E-state index is -1.46. The number of urea groups is 1. The monoisotopic (exact) mass is 433 g/mol. The molecular weight excluding hydrogens is 402 g/mol. The second kappa shape index (κ2) is 16.0. The van der Waals surface area contributed by atoms with Crippen molar-refractivity contribution in [1.29, 1.82) is 0 Å². The number of aliphatic carboxylic acids is 3. The lowest BCUT2D eigenvalue weighted by atomic mass is 10.1. The summed E-state index contributed by atoms with van der Waals surface area (Å²) in [5, 5.41) is 42.4. The molecule has 0 heterocycles. The Morgan fingerprint density at radius 1 is 0.700 bits per heavy atom. The highest BCUT2D eigenvalue weighted by atomic mass is 16.4. The van der Waals surface area contributed by atoms with Gasteiger partial charge in [0, 0.05) is 26.0 Å². The lowest BCUT2D eigenvalue weighted by molar-refractivity contribution is -0.140. The highest BCUT2D eigenvalue weighted by Crippen LogP contribution is 2.03. The molecule has 0 spiro atoms. The number of carbonyl (C=O) groups is 5. The van der Waals surface area contributed by atoms with Crippen LogP contribution in [0.4, 0.5) is 4.79 Å². The number of rotatable bonds is 17. The molecule has 0 aromatic rings. The summed E-state index contributed by atoms with van der Waals surface area (Å²) in [5.74, 6) is -4.06. The average molecular weight is 433 g/mol. The fraction of sp³-hybridized carbons (Fsp3) is 0.722. The second-order valence-corrected chi connectivity index (χ2v) is 6.71. The van der Waals surface area contributed by atoms with Gasteiger partial charge in [0.1, 0.15) is 12.1 Å². The lowest BCUT2D eigenvalue weighted by Gasteiger charge is -2.18. The number of amides is 3. The minimum Gasteiger partial charge on any atom is -0.481 e. The van der Waals surface area contributed by atoms with Crippen molar-refractivity contribution in [2.24, 2.45) is 0 Å². The van der Waals surface area contributed by atoms with E-state index < -0.39 is 42.4 Å². The molecule has 0 radical (unpaired) electrons. The largest absolute Gasteiger partial charge is 0.481 e. The predicted molar refractivity (Wildman–Crippen MR) is 104 cm³/mol. The smallest absolute Gasteiger partial charge is 0.326 e. The van der Waals surface area contributed by atoms with Crippen LogP contribution in [0.15, 0.2) is 0 Å². The van der Waals surface area contributed by atoms with E-state index in [9.17, 15) is 29.1 Å². The first kappa shape index (κ1) is 27.1. The van der Waals surface area contributed by atoms with Gasteiger partial charge in [0.05, 0.1) is 0 Å². The third-order valence-corrected chi connectivity index (χ3v) is 4.16. The molecule has 7 N–H and O–H groups in total. The SMILES string of the molecule is O=C(O)CCC(NC(=O)NC(CCCCNC(=O)CCCCCO)C(=O)O)C(=O)O. The summed E-state index contributed by atoms with van der Waals surface area (Å²) in [6.07, 6.45) is 2.59. The van der Waals surface area contributed by atoms with Crippen LogP contribution in [0.25, 0.3) is 0 Å². The van der Waals surface area contributed by atoms with E-state index >= 15 is 0 Å². The van der Waals surface area contributed by atoms with Gasteiger partial charge in [0.2, 0.25) is 5.91 Å². The molecule has 12 heteroatoms. The quantitative estimate of drug-likeness (QED) is 0.153. The molecule has 0 bridgehead atoms. The number of nitrogens with one attached hydrogen (secondary N) is 3. The van der Waals surface area contributed by atoms with E-state index in [0.717, 1.165) is 6.42 Å². The first-order valence-electron chi connectivity index (χ1n) is 9.79. The average Bonchev–Trinajstić information content (AvgIpc) is 2.66. The summed E-state index contributed by atoms with van der Waals surface area (Å²) in [5.41, 5.74) is 0. The Bertz CT molecular complexity index is 583. The molecule has 172 valence electrons. The highest BCUT2D eigenvalue weighted by Gasteiger charge is 2.24. The van der Waals surface area contributed by atoms with Crippen molar-refractivity contribution in [3.63, 3.8) is 0 Å². The summed E-state index contributed by atoms with van der Waals surface area (Å²) in [4.78, 5) is 56.4. The minimum absolute atomic E-state index is 0.0714. The lowest BCUT2D eigenvalue weighted by Crippen LogP contribution is -2.51. The van der Waals surface area contributed by atoms with Crippen LogP contribution in [0.5, 0.6) is 0 Å². The molecule has 0 saturated heterocycles. The Morgan fingerprint density at radius 2 is 1.30 bits per heavy atom. The number of hydrogen-bond acceptors (Lipinski definition) is 6. The zero-order valence-corrected chi connectivity index (χ0v) is 16.8.